The number of carbonyl (C=O) groups is 4. The quantitative estimate of drug-likeness (QED) is 0.144. The van der Waals surface area contributed by atoms with Crippen LogP contribution in [0.15, 0.2) is 60.7 Å². The average Bonchev–Trinajstić information content (AvgIpc) is 3.03. The van der Waals surface area contributed by atoms with E-state index in [0.29, 0.717) is 43.4 Å². The average molecular weight is 641 g/mol. The van der Waals surface area contributed by atoms with Crippen LogP contribution in [0.5, 0.6) is 0 Å². The topological polar surface area (TPSA) is 184 Å². The zero-order valence-corrected chi connectivity index (χ0v) is 27.1. The number of nitrogens with one attached hydrogen (secondary N) is 1. The van der Waals surface area contributed by atoms with Gasteiger partial charge in [-0.2, -0.15) is 0 Å². The van der Waals surface area contributed by atoms with E-state index in [9.17, 15) is 24.3 Å². The number of ether oxygens (including phenoxy) is 3. The van der Waals surface area contributed by atoms with Gasteiger partial charge in [0, 0.05) is 32.9 Å². The van der Waals surface area contributed by atoms with Crippen LogP contribution in [0.4, 0.5) is 4.79 Å². The standard InChI is InChI=1S/C34H48N4O8/c1-23(44-30(40)28(33(2,3)4)37-29(39)27(36)17-11-12-20-35)45-32(42)38-21-18-26(19-22-38)46-31(41)34(43,24-13-7-5-8-14-24)25-15-9-6-10-16-25/h5-10,13-16,23,26-28,43H,11-12,17-22,35-36H2,1-4H3,(H,37,39)/t23?,27-,28+/m0/s1. The number of unbranched alkanes of at least 4 members (excludes halogenated alkanes) is 1. The van der Waals surface area contributed by atoms with Crippen molar-refractivity contribution in [3.63, 3.8) is 0 Å². The number of nitrogens with two attached hydrogens (primary N) is 2. The second-order valence-corrected chi connectivity index (χ2v) is 12.6. The summed E-state index contributed by atoms with van der Waals surface area (Å²) in [5.41, 5.74) is 9.55. The lowest BCUT2D eigenvalue weighted by molar-refractivity contribution is -0.173. The first kappa shape index (κ1) is 36.5. The van der Waals surface area contributed by atoms with Gasteiger partial charge in [0.05, 0.1) is 6.04 Å². The Morgan fingerprint density at radius 1 is 0.935 bits per heavy atom. The molecule has 3 atom stereocenters. The van der Waals surface area contributed by atoms with Crippen LogP contribution in [0.1, 0.15) is 70.9 Å². The number of hydrogen-bond donors (Lipinski definition) is 4. The molecule has 46 heavy (non-hydrogen) atoms. The summed E-state index contributed by atoms with van der Waals surface area (Å²) in [6, 6.07) is 15.4. The number of benzene rings is 2. The first-order chi connectivity index (χ1) is 21.8. The van der Waals surface area contributed by atoms with Gasteiger partial charge in [0.15, 0.2) is 0 Å². The van der Waals surface area contributed by atoms with Gasteiger partial charge in [0.2, 0.25) is 17.8 Å². The fourth-order valence-corrected chi connectivity index (χ4v) is 5.14. The molecule has 6 N–H and O–H groups in total. The molecule has 0 aliphatic carbocycles. The largest absolute Gasteiger partial charge is 0.460 e. The monoisotopic (exact) mass is 640 g/mol. The van der Waals surface area contributed by atoms with Crippen LogP contribution in [0.2, 0.25) is 0 Å². The van der Waals surface area contributed by atoms with Crippen LogP contribution in [0, 0.1) is 5.41 Å². The minimum atomic E-state index is -2.00. The summed E-state index contributed by atoms with van der Waals surface area (Å²) in [5, 5.41) is 14.3. The summed E-state index contributed by atoms with van der Waals surface area (Å²) in [7, 11) is 0. The molecule has 2 amide bonds. The molecule has 0 radical (unpaired) electrons. The number of aliphatic hydroxyl groups is 1. The second-order valence-electron chi connectivity index (χ2n) is 12.6. The van der Waals surface area contributed by atoms with Crippen molar-refractivity contribution in [2.75, 3.05) is 19.6 Å². The maximum absolute atomic E-state index is 13.4. The Morgan fingerprint density at radius 3 is 1.98 bits per heavy atom. The minimum Gasteiger partial charge on any atom is -0.460 e. The summed E-state index contributed by atoms with van der Waals surface area (Å²) >= 11 is 0. The summed E-state index contributed by atoms with van der Waals surface area (Å²) in [6.45, 7) is 7.66. The number of carbonyl (C=O) groups excluding carboxylic acids is 4. The molecule has 0 bridgehead atoms. The van der Waals surface area contributed by atoms with Crippen molar-refractivity contribution in [1.29, 1.82) is 0 Å². The molecule has 252 valence electrons. The number of rotatable bonds is 13. The van der Waals surface area contributed by atoms with Crippen LogP contribution in [-0.4, -0.2) is 78.1 Å². The highest BCUT2D eigenvalue weighted by atomic mass is 16.7. The van der Waals surface area contributed by atoms with Crippen molar-refractivity contribution in [3.05, 3.63) is 71.8 Å². The van der Waals surface area contributed by atoms with E-state index in [0.717, 1.165) is 6.42 Å². The van der Waals surface area contributed by atoms with E-state index >= 15 is 0 Å². The van der Waals surface area contributed by atoms with Crippen molar-refractivity contribution in [1.82, 2.24) is 10.2 Å². The molecule has 0 aromatic heterocycles. The van der Waals surface area contributed by atoms with Crippen molar-refractivity contribution < 1.29 is 38.5 Å². The van der Waals surface area contributed by atoms with Crippen molar-refractivity contribution in [2.45, 2.75) is 89.9 Å². The Labute approximate surface area is 270 Å². The first-order valence-electron chi connectivity index (χ1n) is 15.7. The number of nitrogens with zero attached hydrogens (tertiary/aromatic N) is 1. The van der Waals surface area contributed by atoms with E-state index in [1.165, 1.54) is 11.8 Å². The van der Waals surface area contributed by atoms with E-state index in [-0.39, 0.29) is 13.1 Å². The maximum atomic E-state index is 13.4. The molecular formula is C34H48N4O8. The molecule has 1 fully saturated rings. The number of likely N-dealkylation sites (tertiary alicyclic amines) is 1. The second kappa shape index (κ2) is 16.5. The first-order valence-corrected chi connectivity index (χ1v) is 15.7. The molecule has 1 aliphatic heterocycles. The van der Waals surface area contributed by atoms with Crippen molar-refractivity contribution >= 4 is 23.9 Å². The SMILES string of the molecule is CC(OC(=O)[C@@H](NC(=O)[C@@H](N)CCCCN)C(C)(C)C)OC(=O)N1CCC(OC(=O)C(O)(c2ccccc2)c2ccccc2)CC1. The van der Waals surface area contributed by atoms with E-state index in [4.69, 9.17) is 25.7 Å². The Morgan fingerprint density at radius 2 is 1.48 bits per heavy atom. The molecule has 1 heterocycles. The van der Waals surface area contributed by atoms with Gasteiger partial charge in [-0.1, -0.05) is 87.9 Å². The highest BCUT2D eigenvalue weighted by Crippen LogP contribution is 2.32. The number of esters is 2. The molecule has 1 saturated heterocycles. The van der Waals surface area contributed by atoms with E-state index < -0.39 is 59.4 Å². The molecule has 3 rings (SSSR count). The van der Waals surface area contributed by atoms with E-state index in [2.05, 4.69) is 5.32 Å². The fourth-order valence-electron chi connectivity index (χ4n) is 5.14. The third-order valence-electron chi connectivity index (χ3n) is 7.90. The Kier molecular flexibility index (Phi) is 13.1. The summed E-state index contributed by atoms with van der Waals surface area (Å²) in [6.07, 6.45) is 0.0189. The highest BCUT2D eigenvalue weighted by molar-refractivity contribution is 5.88. The molecular weight excluding hydrogens is 592 g/mol. The molecule has 1 unspecified atom stereocenters. The predicted molar refractivity (Wildman–Crippen MR) is 171 cm³/mol. The van der Waals surface area contributed by atoms with Crippen molar-refractivity contribution in [2.24, 2.45) is 16.9 Å². The zero-order chi connectivity index (χ0) is 33.9. The molecule has 2 aromatic rings. The Hall–Kier alpha value is -4.00. The number of piperidine rings is 1. The predicted octanol–water partition coefficient (Wildman–Crippen LogP) is 2.94. The van der Waals surface area contributed by atoms with E-state index in [1.807, 2.05) is 0 Å². The smallest absolute Gasteiger partial charge is 0.412 e. The Balaban J connectivity index is 1.53. The third-order valence-corrected chi connectivity index (χ3v) is 7.90. The van der Waals surface area contributed by atoms with Gasteiger partial charge in [-0.3, -0.25) is 4.79 Å². The lowest BCUT2D eigenvalue weighted by atomic mass is 9.86. The molecule has 12 heteroatoms. The van der Waals surface area contributed by atoms with E-state index in [1.54, 1.807) is 81.4 Å². The van der Waals surface area contributed by atoms with Gasteiger partial charge in [-0.25, -0.2) is 14.4 Å². The molecule has 12 nitrogen and oxygen atoms in total. The van der Waals surface area contributed by atoms with Crippen LogP contribution in [-0.2, 0) is 34.2 Å². The van der Waals surface area contributed by atoms with Crippen LogP contribution >= 0.6 is 0 Å². The highest BCUT2D eigenvalue weighted by Gasteiger charge is 2.43. The fraction of sp³-hybridized carbons (Fsp3) is 0.529. The number of amides is 2. The lowest BCUT2D eigenvalue weighted by Gasteiger charge is -2.34. The van der Waals surface area contributed by atoms with Crippen LogP contribution < -0.4 is 16.8 Å². The molecule has 1 aliphatic rings. The Bertz CT molecular complexity index is 1250. The normalized spacial score (nSPS) is 16.1. The zero-order valence-electron chi connectivity index (χ0n) is 27.1. The molecule has 2 aromatic carbocycles. The van der Waals surface area contributed by atoms with Crippen LogP contribution in [0.25, 0.3) is 0 Å². The molecule has 0 spiro atoms. The number of hydrogen-bond acceptors (Lipinski definition) is 10. The van der Waals surface area contributed by atoms with Gasteiger partial charge >= 0.3 is 18.0 Å². The van der Waals surface area contributed by atoms with Gasteiger partial charge < -0.3 is 41.0 Å². The van der Waals surface area contributed by atoms with Crippen molar-refractivity contribution in [3.8, 4) is 0 Å². The van der Waals surface area contributed by atoms with Gasteiger partial charge in [0.1, 0.15) is 12.1 Å². The van der Waals surface area contributed by atoms with Gasteiger partial charge in [-0.05, 0) is 35.9 Å². The maximum Gasteiger partial charge on any atom is 0.412 e. The molecule has 0 saturated carbocycles. The summed E-state index contributed by atoms with van der Waals surface area (Å²) < 4.78 is 16.5. The minimum absolute atomic E-state index is 0.218. The van der Waals surface area contributed by atoms with Crippen LogP contribution in [0.3, 0.4) is 0 Å². The van der Waals surface area contributed by atoms with Gasteiger partial charge in [0.25, 0.3) is 0 Å². The summed E-state index contributed by atoms with van der Waals surface area (Å²) in [4.78, 5) is 53.4. The third kappa shape index (κ3) is 9.75. The van der Waals surface area contributed by atoms with Gasteiger partial charge in [-0.15, -0.1) is 0 Å². The lowest BCUT2D eigenvalue weighted by Crippen LogP contribution is -2.54. The summed E-state index contributed by atoms with van der Waals surface area (Å²) in [5.74, 6) is -2.04.